The number of aliphatic hydroxyl groups excluding tert-OH is 2. The van der Waals surface area contributed by atoms with Crippen LogP contribution >= 0.6 is 23.2 Å². The van der Waals surface area contributed by atoms with E-state index in [1.807, 2.05) is 50.2 Å². The van der Waals surface area contributed by atoms with Crippen molar-refractivity contribution in [3.05, 3.63) is 54.1 Å². The zero-order valence-corrected chi connectivity index (χ0v) is 16.6. The standard InChI is InChI=1S/C16H17ClO3.C4H9ClO/c1-12-2-4-15(5-3-12)20-16-8-6-14(7-9-16)19-11-13(18)10-17;1-2-4(6)3-5/h2-9,13,18H,10-11H2,1H3;4,6H,2-3H2,1H3. The van der Waals surface area contributed by atoms with Crippen LogP contribution in [0, 0.1) is 6.92 Å². The van der Waals surface area contributed by atoms with Gasteiger partial charge in [-0.05, 0) is 49.7 Å². The van der Waals surface area contributed by atoms with Crippen LogP contribution in [0.3, 0.4) is 0 Å². The van der Waals surface area contributed by atoms with Gasteiger partial charge in [0.1, 0.15) is 30.0 Å². The number of ether oxygens (including phenoxy) is 2. The van der Waals surface area contributed by atoms with E-state index in [1.165, 1.54) is 5.56 Å². The van der Waals surface area contributed by atoms with Crippen LogP contribution < -0.4 is 9.47 Å². The molecule has 2 aromatic rings. The Hall–Kier alpha value is -1.46. The molecule has 2 atom stereocenters. The van der Waals surface area contributed by atoms with Crippen molar-refractivity contribution in [3.8, 4) is 17.2 Å². The van der Waals surface area contributed by atoms with E-state index < -0.39 is 6.10 Å². The molecule has 144 valence electrons. The third kappa shape index (κ3) is 9.30. The SMILES string of the molecule is CCC(O)CCl.Cc1ccc(Oc2ccc(OCC(O)CCl)cc2)cc1. The molecule has 0 bridgehead atoms. The Morgan fingerprint density at radius 1 is 0.808 bits per heavy atom. The van der Waals surface area contributed by atoms with Crippen LogP contribution in [0.15, 0.2) is 48.5 Å². The van der Waals surface area contributed by atoms with Crippen LogP contribution in [0.5, 0.6) is 17.2 Å². The molecule has 2 unspecified atom stereocenters. The Bertz CT molecular complexity index is 598. The van der Waals surface area contributed by atoms with Crippen LogP contribution in [0.1, 0.15) is 18.9 Å². The van der Waals surface area contributed by atoms with Gasteiger partial charge in [-0.1, -0.05) is 24.6 Å². The number of halogens is 2. The minimum atomic E-state index is -0.653. The van der Waals surface area contributed by atoms with Gasteiger partial charge >= 0.3 is 0 Å². The highest BCUT2D eigenvalue weighted by Crippen LogP contribution is 2.24. The molecule has 0 radical (unpaired) electrons. The quantitative estimate of drug-likeness (QED) is 0.626. The Labute approximate surface area is 165 Å². The van der Waals surface area contributed by atoms with E-state index in [2.05, 4.69) is 0 Å². The summed E-state index contributed by atoms with van der Waals surface area (Å²) in [7, 11) is 0. The lowest BCUT2D eigenvalue weighted by Gasteiger charge is -2.10. The van der Waals surface area contributed by atoms with E-state index >= 15 is 0 Å². The average Bonchev–Trinajstić information content (AvgIpc) is 2.68. The number of rotatable bonds is 8. The topological polar surface area (TPSA) is 58.9 Å². The fourth-order valence-corrected chi connectivity index (χ4v) is 2.00. The first kappa shape index (κ1) is 22.6. The molecule has 0 aromatic heterocycles. The molecular weight excluding hydrogens is 375 g/mol. The third-order valence-electron chi connectivity index (χ3n) is 3.35. The number of alkyl halides is 2. The van der Waals surface area contributed by atoms with Gasteiger partial charge in [-0.3, -0.25) is 0 Å². The van der Waals surface area contributed by atoms with Gasteiger partial charge in [-0.15, -0.1) is 23.2 Å². The lowest BCUT2D eigenvalue weighted by Crippen LogP contribution is -2.18. The maximum atomic E-state index is 9.31. The highest BCUT2D eigenvalue weighted by Gasteiger charge is 2.03. The van der Waals surface area contributed by atoms with Crippen molar-refractivity contribution in [3.63, 3.8) is 0 Å². The molecule has 0 aliphatic rings. The zero-order chi connectivity index (χ0) is 19.4. The van der Waals surface area contributed by atoms with Gasteiger partial charge in [0.2, 0.25) is 0 Å². The molecule has 0 aliphatic heterocycles. The van der Waals surface area contributed by atoms with Crippen molar-refractivity contribution < 1.29 is 19.7 Å². The first-order valence-electron chi connectivity index (χ1n) is 8.43. The minimum Gasteiger partial charge on any atom is -0.491 e. The second kappa shape index (κ2) is 12.8. The fourth-order valence-electron chi connectivity index (χ4n) is 1.69. The summed E-state index contributed by atoms with van der Waals surface area (Å²) >= 11 is 10.7. The van der Waals surface area contributed by atoms with Crippen molar-refractivity contribution in [2.45, 2.75) is 32.5 Å². The molecule has 0 amide bonds. The lowest BCUT2D eigenvalue weighted by atomic mass is 10.2. The predicted octanol–water partition coefficient (Wildman–Crippen LogP) is 4.76. The van der Waals surface area contributed by atoms with E-state index in [4.69, 9.17) is 37.8 Å². The van der Waals surface area contributed by atoms with E-state index in [1.54, 1.807) is 12.1 Å². The average molecular weight is 401 g/mol. The maximum absolute atomic E-state index is 9.31. The van der Waals surface area contributed by atoms with Crippen molar-refractivity contribution in [2.75, 3.05) is 18.4 Å². The first-order chi connectivity index (χ1) is 12.5. The molecule has 0 spiro atoms. The molecule has 2 rings (SSSR count). The monoisotopic (exact) mass is 400 g/mol. The summed E-state index contributed by atoms with van der Waals surface area (Å²) in [5.74, 6) is 2.72. The van der Waals surface area contributed by atoms with Gasteiger partial charge in [0.05, 0.1) is 12.0 Å². The Balaban J connectivity index is 0.000000487. The molecule has 0 fully saturated rings. The van der Waals surface area contributed by atoms with Crippen LogP contribution in [0.25, 0.3) is 0 Å². The molecule has 2 aromatic carbocycles. The van der Waals surface area contributed by atoms with Crippen molar-refractivity contribution >= 4 is 23.2 Å². The summed E-state index contributed by atoms with van der Waals surface area (Å²) in [6.07, 6.45) is -0.199. The third-order valence-corrected chi connectivity index (χ3v) is 4.06. The highest BCUT2D eigenvalue weighted by molar-refractivity contribution is 6.18. The Morgan fingerprint density at radius 3 is 1.69 bits per heavy atom. The molecule has 0 saturated carbocycles. The maximum Gasteiger partial charge on any atom is 0.127 e. The number of aryl methyl sites for hydroxylation is 1. The van der Waals surface area contributed by atoms with Gasteiger partial charge in [-0.2, -0.15) is 0 Å². The summed E-state index contributed by atoms with van der Waals surface area (Å²) < 4.78 is 11.1. The Kier molecular flexibility index (Phi) is 11.1. The van der Waals surface area contributed by atoms with Crippen molar-refractivity contribution in [1.82, 2.24) is 0 Å². The normalized spacial score (nSPS) is 12.5. The summed E-state index contributed by atoms with van der Waals surface area (Å²) in [5, 5.41) is 17.8. The van der Waals surface area contributed by atoms with Crippen molar-refractivity contribution in [2.24, 2.45) is 0 Å². The second-order valence-electron chi connectivity index (χ2n) is 5.72. The van der Waals surface area contributed by atoms with Crippen LogP contribution in [-0.2, 0) is 0 Å². The summed E-state index contributed by atoms with van der Waals surface area (Å²) in [5.41, 5.74) is 1.19. The Morgan fingerprint density at radius 2 is 1.27 bits per heavy atom. The molecule has 0 saturated heterocycles. The molecule has 6 heteroatoms. The van der Waals surface area contributed by atoms with Gasteiger partial charge in [0, 0.05) is 5.88 Å². The lowest BCUT2D eigenvalue weighted by molar-refractivity contribution is 0.125. The van der Waals surface area contributed by atoms with Crippen LogP contribution in [0.4, 0.5) is 0 Å². The molecule has 0 heterocycles. The van der Waals surface area contributed by atoms with Gasteiger partial charge in [0.15, 0.2) is 0 Å². The summed E-state index contributed by atoms with van der Waals surface area (Å²) in [6.45, 7) is 4.11. The molecule has 26 heavy (non-hydrogen) atoms. The van der Waals surface area contributed by atoms with Crippen LogP contribution in [-0.4, -0.2) is 40.8 Å². The minimum absolute atomic E-state index is 0.161. The van der Waals surface area contributed by atoms with Gasteiger partial charge in [-0.25, -0.2) is 0 Å². The van der Waals surface area contributed by atoms with E-state index in [0.29, 0.717) is 11.6 Å². The second-order valence-corrected chi connectivity index (χ2v) is 6.34. The van der Waals surface area contributed by atoms with E-state index in [0.717, 1.165) is 17.9 Å². The van der Waals surface area contributed by atoms with E-state index in [-0.39, 0.29) is 18.6 Å². The highest BCUT2D eigenvalue weighted by atomic mass is 35.5. The predicted molar refractivity (Wildman–Crippen MR) is 107 cm³/mol. The number of aliphatic hydroxyl groups is 2. The zero-order valence-electron chi connectivity index (χ0n) is 15.1. The van der Waals surface area contributed by atoms with Crippen molar-refractivity contribution in [1.29, 1.82) is 0 Å². The molecule has 2 N–H and O–H groups in total. The van der Waals surface area contributed by atoms with Gasteiger partial charge in [0.25, 0.3) is 0 Å². The smallest absolute Gasteiger partial charge is 0.127 e. The molecular formula is C20H26Cl2O4. The summed E-state index contributed by atoms with van der Waals surface area (Å²) in [6, 6.07) is 15.1. The van der Waals surface area contributed by atoms with E-state index in [9.17, 15) is 5.11 Å². The largest absolute Gasteiger partial charge is 0.491 e. The summed E-state index contributed by atoms with van der Waals surface area (Å²) in [4.78, 5) is 0. The van der Waals surface area contributed by atoms with Gasteiger partial charge < -0.3 is 19.7 Å². The molecule has 4 nitrogen and oxygen atoms in total. The number of hydrogen-bond donors (Lipinski definition) is 2. The molecule has 0 aliphatic carbocycles. The first-order valence-corrected chi connectivity index (χ1v) is 9.50. The number of hydrogen-bond acceptors (Lipinski definition) is 4. The fraction of sp³-hybridized carbons (Fsp3) is 0.400. The number of benzene rings is 2. The van der Waals surface area contributed by atoms with Crippen LogP contribution in [0.2, 0.25) is 0 Å².